The molecular weight excluding hydrogens is 268 g/mol. The van der Waals surface area contributed by atoms with Crippen molar-refractivity contribution in [2.75, 3.05) is 18.6 Å². The number of benzene rings is 1. The Morgan fingerprint density at radius 2 is 2.11 bits per heavy atom. The van der Waals surface area contributed by atoms with E-state index in [1.807, 2.05) is 0 Å². The van der Waals surface area contributed by atoms with Gasteiger partial charge in [0.15, 0.2) is 5.16 Å². The molecule has 1 aromatic heterocycles. The minimum atomic E-state index is -0.923. The molecule has 0 atom stereocenters. The molecular formula is C11H12N4O3S. The van der Waals surface area contributed by atoms with Gasteiger partial charge in [-0.05, 0) is 24.3 Å². The van der Waals surface area contributed by atoms with Crippen molar-refractivity contribution in [1.82, 2.24) is 14.8 Å². The first-order chi connectivity index (χ1) is 9.11. The normalized spacial score (nSPS) is 10.4. The third-order valence-corrected chi connectivity index (χ3v) is 3.23. The molecule has 0 fully saturated rings. The summed E-state index contributed by atoms with van der Waals surface area (Å²) in [6.07, 6.45) is 0. The highest BCUT2D eigenvalue weighted by molar-refractivity contribution is 7.99. The van der Waals surface area contributed by atoms with Crippen LogP contribution in [0.1, 0.15) is 0 Å². The van der Waals surface area contributed by atoms with E-state index in [2.05, 4.69) is 10.2 Å². The molecule has 2 rings (SSSR count). The molecule has 0 unspecified atom stereocenters. The molecule has 0 spiro atoms. The van der Waals surface area contributed by atoms with Crippen LogP contribution in [0.15, 0.2) is 29.4 Å². The molecule has 19 heavy (non-hydrogen) atoms. The van der Waals surface area contributed by atoms with E-state index < -0.39 is 5.97 Å². The zero-order chi connectivity index (χ0) is 13.8. The van der Waals surface area contributed by atoms with Crippen molar-refractivity contribution in [1.29, 1.82) is 0 Å². The summed E-state index contributed by atoms with van der Waals surface area (Å²) in [6.45, 7) is 0. The number of carboxylic acid groups (broad SMARTS) is 1. The molecule has 0 bridgehead atoms. The molecule has 0 aliphatic rings. The van der Waals surface area contributed by atoms with E-state index in [4.69, 9.17) is 15.6 Å². The maximum absolute atomic E-state index is 10.6. The quantitative estimate of drug-likeness (QED) is 0.788. The minimum Gasteiger partial charge on any atom is -0.497 e. The number of carboxylic acids is 1. The molecule has 0 radical (unpaired) electrons. The molecule has 0 saturated carbocycles. The average Bonchev–Trinajstić information content (AvgIpc) is 2.78. The van der Waals surface area contributed by atoms with Crippen molar-refractivity contribution in [3.63, 3.8) is 0 Å². The van der Waals surface area contributed by atoms with Crippen molar-refractivity contribution in [3.05, 3.63) is 24.3 Å². The smallest absolute Gasteiger partial charge is 0.313 e. The van der Waals surface area contributed by atoms with Crippen molar-refractivity contribution in [3.8, 4) is 11.4 Å². The molecule has 7 nitrogen and oxygen atoms in total. The van der Waals surface area contributed by atoms with Crippen LogP contribution in [0, 0.1) is 0 Å². The third kappa shape index (κ3) is 2.97. The first-order valence-corrected chi connectivity index (χ1v) is 6.30. The minimum absolute atomic E-state index is 0.103. The van der Waals surface area contributed by atoms with E-state index in [1.165, 1.54) is 0 Å². The second kappa shape index (κ2) is 5.61. The summed E-state index contributed by atoms with van der Waals surface area (Å²) in [6, 6.07) is 7.15. The van der Waals surface area contributed by atoms with Crippen LogP contribution in [0.2, 0.25) is 0 Å². The number of anilines is 1. The molecule has 0 amide bonds. The highest BCUT2D eigenvalue weighted by atomic mass is 32.2. The highest BCUT2D eigenvalue weighted by Gasteiger charge is 2.13. The number of thioether (sulfide) groups is 1. The number of nitrogen functional groups attached to an aromatic ring is 1. The number of hydrogen-bond acceptors (Lipinski definition) is 6. The number of carbonyl (C=O) groups is 1. The fraction of sp³-hybridized carbons (Fsp3) is 0.182. The van der Waals surface area contributed by atoms with Gasteiger partial charge in [0.05, 0.1) is 18.6 Å². The van der Waals surface area contributed by atoms with E-state index >= 15 is 0 Å². The summed E-state index contributed by atoms with van der Waals surface area (Å²) < 4.78 is 6.66. The monoisotopic (exact) mass is 280 g/mol. The Labute approximate surface area is 113 Å². The summed E-state index contributed by atoms with van der Waals surface area (Å²) in [4.78, 5) is 10.6. The zero-order valence-electron chi connectivity index (χ0n) is 10.1. The first kappa shape index (κ1) is 13.2. The number of methoxy groups -OCH3 is 1. The van der Waals surface area contributed by atoms with Gasteiger partial charge < -0.3 is 15.6 Å². The lowest BCUT2D eigenvalue weighted by atomic mass is 10.3. The molecule has 0 aliphatic carbocycles. The van der Waals surface area contributed by atoms with Gasteiger partial charge in [-0.15, -0.1) is 10.2 Å². The number of aromatic nitrogens is 3. The van der Waals surface area contributed by atoms with Crippen LogP contribution in [0.5, 0.6) is 5.75 Å². The average molecular weight is 280 g/mol. The Balaban J connectivity index is 2.31. The summed E-state index contributed by atoms with van der Waals surface area (Å²) in [7, 11) is 1.58. The van der Waals surface area contributed by atoms with Gasteiger partial charge in [-0.1, -0.05) is 11.8 Å². The van der Waals surface area contributed by atoms with Crippen LogP contribution < -0.4 is 10.5 Å². The van der Waals surface area contributed by atoms with Crippen molar-refractivity contribution in [2.24, 2.45) is 0 Å². The second-order valence-electron chi connectivity index (χ2n) is 3.56. The number of nitrogens with two attached hydrogens (primary N) is 1. The Hall–Kier alpha value is -2.22. The Kier molecular flexibility index (Phi) is 3.91. The van der Waals surface area contributed by atoms with Crippen LogP contribution in [-0.4, -0.2) is 38.7 Å². The summed E-state index contributed by atoms with van der Waals surface area (Å²) in [5.74, 6) is -0.102. The number of rotatable bonds is 5. The van der Waals surface area contributed by atoms with E-state index in [-0.39, 0.29) is 11.7 Å². The first-order valence-electron chi connectivity index (χ1n) is 5.31. The number of ether oxygens (including phenoxy) is 1. The summed E-state index contributed by atoms with van der Waals surface area (Å²) in [5, 5.41) is 16.7. The third-order valence-electron chi connectivity index (χ3n) is 2.31. The van der Waals surface area contributed by atoms with Crippen LogP contribution in [0.4, 0.5) is 5.95 Å². The predicted molar refractivity (Wildman–Crippen MR) is 70.7 cm³/mol. The van der Waals surface area contributed by atoms with Gasteiger partial charge in [0.1, 0.15) is 5.75 Å². The van der Waals surface area contributed by atoms with Gasteiger partial charge >= 0.3 is 5.97 Å². The standard InChI is InChI=1S/C11H12N4O3S/c1-18-8-4-2-7(3-5-8)15-10(12)13-14-11(15)19-6-9(16)17/h2-5H,6H2,1H3,(H2,12,13)(H,16,17). The number of hydrogen-bond donors (Lipinski definition) is 2. The highest BCUT2D eigenvalue weighted by Crippen LogP contribution is 2.24. The lowest BCUT2D eigenvalue weighted by molar-refractivity contribution is -0.133. The van der Waals surface area contributed by atoms with Gasteiger partial charge in [-0.25, -0.2) is 0 Å². The van der Waals surface area contributed by atoms with Crippen molar-refractivity contribution >= 4 is 23.7 Å². The van der Waals surface area contributed by atoms with E-state index in [0.29, 0.717) is 5.16 Å². The fourth-order valence-corrected chi connectivity index (χ4v) is 2.15. The Morgan fingerprint density at radius 1 is 1.42 bits per heavy atom. The fourth-order valence-electron chi connectivity index (χ4n) is 1.48. The van der Waals surface area contributed by atoms with E-state index in [1.54, 1.807) is 35.9 Å². The Morgan fingerprint density at radius 3 is 2.68 bits per heavy atom. The second-order valence-corrected chi connectivity index (χ2v) is 4.50. The van der Waals surface area contributed by atoms with Crippen LogP contribution >= 0.6 is 11.8 Å². The lowest BCUT2D eigenvalue weighted by Crippen LogP contribution is -2.04. The van der Waals surface area contributed by atoms with Gasteiger partial charge in [0, 0.05) is 0 Å². The molecule has 100 valence electrons. The number of aliphatic carboxylic acids is 1. The van der Waals surface area contributed by atoms with E-state index in [9.17, 15) is 4.79 Å². The molecule has 8 heteroatoms. The van der Waals surface area contributed by atoms with Crippen LogP contribution in [0.3, 0.4) is 0 Å². The maximum atomic E-state index is 10.6. The summed E-state index contributed by atoms with van der Waals surface area (Å²) >= 11 is 1.06. The van der Waals surface area contributed by atoms with Crippen molar-refractivity contribution < 1.29 is 14.6 Å². The molecule has 0 saturated heterocycles. The topological polar surface area (TPSA) is 103 Å². The van der Waals surface area contributed by atoms with Gasteiger partial charge in [-0.2, -0.15) is 0 Å². The largest absolute Gasteiger partial charge is 0.497 e. The SMILES string of the molecule is COc1ccc(-n2c(N)nnc2SCC(=O)O)cc1. The molecule has 2 aromatic rings. The van der Waals surface area contributed by atoms with Crippen LogP contribution in [0.25, 0.3) is 5.69 Å². The zero-order valence-corrected chi connectivity index (χ0v) is 10.9. The maximum Gasteiger partial charge on any atom is 0.313 e. The van der Waals surface area contributed by atoms with Crippen molar-refractivity contribution in [2.45, 2.75) is 5.16 Å². The molecule has 1 heterocycles. The van der Waals surface area contributed by atoms with Gasteiger partial charge in [-0.3, -0.25) is 9.36 Å². The molecule has 1 aromatic carbocycles. The molecule has 3 N–H and O–H groups in total. The van der Waals surface area contributed by atoms with Crippen LogP contribution in [-0.2, 0) is 4.79 Å². The van der Waals surface area contributed by atoms with Gasteiger partial charge in [0.2, 0.25) is 5.95 Å². The summed E-state index contributed by atoms with van der Waals surface area (Å²) in [5.41, 5.74) is 6.49. The predicted octanol–water partition coefficient (Wildman–Crippen LogP) is 1.03. The van der Waals surface area contributed by atoms with Gasteiger partial charge in [0.25, 0.3) is 0 Å². The lowest BCUT2D eigenvalue weighted by Gasteiger charge is -2.08. The Bertz CT molecular complexity index is 582. The number of nitrogens with zero attached hydrogens (tertiary/aromatic N) is 3. The molecule has 0 aliphatic heterocycles. The van der Waals surface area contributed by atoms with E-state index in [0.717, 1.165) is 23.2 Å².